The van der Waals surface area contributed by atoms with Crippen molar-refractivity contribution in [1.82, 2.24) is 9.80 Å². The molecule has 2 aliphatic heterocycles. The Kier molecular flexibility index (Phi) is 3.10. The maximum Gasteiger partial charge on any atom is 0.246 e. The summed E-state index contributed by atoms with van der Waals surface area (Å²) in [7, 11) is 0. The standard InChI is InChI=1S/C14H20N2O2/c17-13-8-4-7-12-14(18)15(9-10-16(12)13)11-5-2-1-3-6-11/h4,8,11-12H,1-3,5-7,9-10H2/t12-/m0/s1. The monoisotopic (exact) mass is 248 g/mol. The normalized spacial score (nSPS) is 29.7. The van der Waals surface area contributed by atoms with Crippen LogP contribution < -0.4 is 0 Å². The fourth-order valence-electron chi connectivity index (χ4n) is 3.45. The number of carbonyl (C=O) groups is 2. The van der Waals surface area contributed by atoms with Crippen molar-refractivity contribution in [2.45, 2.75) is 50.6 Å². The quantitative estimate of drug-likeness (QED) is 0.702. The highest BCUT2D eigenvalue weighted by molar-refractivity contribution is 5.95. The minimum absolute atomic E-state index is 0.00268. The third-order valence-corrected chi connectivity index (χ3v) is 4.44. The van der Waals surface area contributed by atoms with Crippen molar-refractivity contribution in [2.24, 2.45) is 0 Å². The third kappa shape index (κ3) is 1.93. The molecule has 0 aromatic heterocycles. The first-order valence-corrected chi connectivity index (χ1v) is 7.05. The van der Waals surface area contributed by atoms with Gasteiger partial charge >= 0.3 is 0 Å². The van der Waals surface area contributed by atoms with Crippen LogP contribution in [0.1, 0.15) is 38.5 Å². The van der Waals surface area contributed by atoms with E-state index in [0.717, 1.165) is 19.4 Å². The van der Waals surface area contributed by atoms with Crippen molar-refractivity contribution < 1.29 is 9.59 Å². The highest BCUT2D eigenvalue weighted by Crippen LogP contribution is 2.27. The van der Waals surface area contributed by atoms with E-state index in [4.69, 9.17) is 0 Å². The molecule has 0 radical (unpaired) electrons. The van der Waals surface area contributed by atoms with Gasteiger partial charge in [0.05, 0.1) is 0 Å². The summed E-state index contributed by atoms with van der Waals surface area (Å²) < 4.78 is 0. The van der Waals surface area contributed by atoms with Crippen molar-refractivity contribution in [2.75, 3.05) is 13.1 Å². The van der Waals surface area contributed by atoms with Crippen LogP contribution in [0.3, 0.4) is 0 Å². The topological polar surface area (TPSA) is 40.6 Å². The molecule has 0 N–H and O–H groups in total. The summed E-state index contributed by atoms with van der Waals surface area (Å²) >= 11 is 0. The van der Waals surface area contributed by atoms with Crippen molar-refractivity contribution in [3.63, 3.8) is 0 Å². The molecular weight excluding hydrogens is 228 g/mol. The molecule has 1 saturated heterocycles. The van der Waals surface area contributed by atoms with Crippen LogP contribution in [-0.2, 0) is 9.59 Å². The van der Waals surface area contributed by atoms with Crippen LogP contribution in [0.2, 0.25) is 0 Å². The van der Waals surface area contributed by atoms with Crippen LogP contribution in [0.4, 0.5) is 0 Å². The highest BCUT2D eigenvalue weighted by atomic mass is 16.2. The lowest BCUT2D eigenvalue weighted by atomic mass is 9.92. The van der Waals surface area contributed by atoms with Crippen LogP contribution in [0.25, 0.3) is 0 Å². The Morgan fingerprint density at radius 2 is 1.72 bits per heavy atom. The summed E-state index contributed by atoms with van der Waals surface area (Å²) in [6, 6.07) is 0.201. The summed E-state index contributed by atoms with van der Waals surface area (Å²) in [6.07, 6.45) is 10.2. The molecule has 1 atom stereocenters. The van der Waals surface area contributed by atoms with Crippen molar-refractivity contribution >= 4 is 11.8 Å². The second kappa shape index (κ2) is 4.75. The van der Waals surface area contributed by atoms with E-state index in [1.807, 2.05) is 11.0 Å². The maximum absolute atomic E-state index is 12.5. The predicted molar refractivity (Wildman–Crippen MR) is 67.8 cm³/mol. The highest BCUT2D eigenvalue weighted by Gasteiger charge is 2.40. The van der Waals surface area contributed by atoms with Gasteiger partial charge in [0.25, 0.3) is 0 Å². The third-order valence-electron chi connectivity index (χ3n) is 4.44. The molecular formula is C14H20N2O2. The Morgan fingerprint density at radius 3 is 2.50 bits per heavy atom. The lowest BCUT2D eigenvalue weighted by Gasteiger charge is -2.45. The predicted octanol–water partition coefficient (Wildman–Crippen LogP) is 1.32. The zero-order valence-corrected chi connectivity index (χ0v) is 10.7. The fraction of sp³-hybridized carbons (Fsp3) is 0.714. The summed E-state index contributed by atoms with van der Waals surface area (Å²) in [4.78, 5) is 28.0. The van der Waals surface area contributed by atoms with E-state index in [0.29, 0.717) is 19.0 Å². The molecule has 1 saturated carbocycles. The zero-order chi connectivity index (χ0) is 12.5. The van der Waals surface area contributed by atoms with Gasteiger partial charge < -0.3 is 9.80 Å². The van der Waals surface area contributed by atoms with Crippen LogP contribution in [0.5, 0.6) is 0 Å². The molecule has 3 aliphatic rings. The van der Waals surface area contributed by atoms with E-state index in [-0.39, 0.29) is 17.9 Å². The van der Waals surface area contributed by atoms with E-state index >= 15 is 0 Å². The van der Waals surface area contributed by atoms with Gasteiger partial charge in [0, 0.05) is 19.1 Å². The zero-order valence-electron chi connectivity index (χ0n) is 10.7. The van der Waals surface area contributed by atoms with Crippen molar-refractivity contribution in [3.8, 4) is 0 Å². The Labute approximate surface area is 108 Å². The lowest BCUT2D eigenvalue weighted by Crippen LogP contribution is -2.61. The first-order chi connectivity index (χ1) is 8.77. The van der Waals surface area contributed by atoms with Gasteiger partial charge in [-0.3, -0.25) is 9.59 Å². The molecule has 3 rings (SSSR count). The number of rotatable bonds is 1. The maximum atomic E-state index is 12.5. The Balaban J connectivity index is 1.74. The largest absolute Gasteiger partial charge is 0.336 e. The number of nitrogens with zero attached hydrogens (tertiary/aromatic N) is 2. The van der Waals surface area contributed by atoms with Gasteiger partial charge in [-0.15, -0.1) is 0 Å². The molecule has 1 aliphatic carbocycles. The Bertz CT molecular complexity index is 385. The first-order valence-electron chi connectivity index (χ1n) is 7.05. The molecule has 0 unspecified atom stereocenters. The molecule has 2 heterocycles. The lowest BCUT2D eigenvalue weighted by molar-refractivity contribution is -0.152. The smallest absolute Gasteiger partial charge is 0.246 e. The SMILES string of the molecule is O=C1[C@@H]2CC=CC(=O)N2CCN1C1CCCCC1. The summed E-state index contributed by atoms with van der Waals surface area (Å²) in [5, 5.41) is 0. The van der Waals surface area contributed by atoms with E-state index < -0.39 is 0 Å². The van der Waals surface area contributed by atoms with E-state index in [1.165, 1.54) is 19.3 Å². The van der Waals surface area contributed by atoms with Gasteiger partial charge in [-0.05, 0) is 25.3 Å². The van der Waals surface area contributed by atoms with E-state index in [2.05, 4.69) is 0 Å². The fourth-order valence-corrected chi connectivity index (χ4v) is 3.45. The molecule has 0 aromatic rings. The molecule has 0 spiro atoms. The van der Waals surface area contributed by atoms with Crippen LogP contribution >= 0.6 is 0 Å². The van der Waals surface area contributed by atoms with Gasteiger partial charge in [0.1, 0.15) is 6.04 Å². The second-order valence-electron chi connectivity index (χ2n) is 5.51. The molecule has 0 aromatic carbocycles. The van der Waals surface area contributed by atoms with Crippen molar-refractivity contribution in [3.05, 3.63) is 12.2 Å². The number of hydrogen-bond donors (Lipinski definition) is 0. The van der Waals surface area contributed by atoms with Crippen LogP contribution in [0, 0.1) is 0 Å². The summed E-state index contributed by atoms with van der Waals surface area (Å²) in [5.41, 5.74) is 0. The van der Waals surface area contributed by atoms with Gasteiger partial charge in [0.15, 0.2) is 0 Å². The van der Waals surface area contributed by atoms with Crippen LogP contribution in [0.15, 0.2) is 12.2 Å². The van der Waals surface area contributed by atoms with E-state index in [1.54, 1.807) is 11.0 Å². The minimum atomic E-state index is -0.224. The summed E-state index contributed by atoms with van der Waals surface area (Å²) in [6.45, 7) is 1.43. The summed E-state index contributed by atoms with van der Waals surface area (Å²) in [5.74, 6) is 0.175. The van der Waals surface area contributed by atoms with Gasteiger partial charge in [0.2, 0.25) is 11.8 Å². The first kappa shape index (κ1) is 11.8. The van der Waals surface area contributed by atoms with Crippen molar-refractivity contribution in [1.29, 1.82) is 0 Å². The Hall–Kier alpha value is -1.32. The second-order valence-corrected chi connectivity index (χ2v) is 5.51. The number of fused-ring (bicyclic) bond motifs is 1. The minimum Gasteiger partial charge on any atom is -0.336 e. The number of carbonyl (C=O) groups excluding carboxylic acids is 2. The number of amides is 2. The molecule has 4 heteroatoms. The van der Waals surface area contributed by atoms with Gasteiger partial charge in [-0.2, -0.15) is 0 Å². The molecule has 98 valence electrons. The van der Waals surface area contributed by atoms with Crippen LogP contribution in [-0.4, -0.2) is 46.8 Å². The number of piperazine rings is 1. The average Bonchev–Trinajstić information content (AvgIpc) is 2.41. The molecule has 4 nitrogen and oxygen atoms in total. The number of hydrogen-bond acceptors (Lipinski definition) is 2. The molecule has 2 amide bonds. The van der Waals surface area contributed by atoms with E-state index in [9.17, 15) is 9.59 Å². The van der Waals surface area contributed by atoms with Gasteiger partial charge in [-0.1, -0.05) is 25.3 Å². The molecule has 0 bridgehead atoms. The Morgan fingerprint density at radius 1 is 1.00 bits per heavy atom. The average molecular weight is 248 g/mol. The molecule has 2 fully saturated rings. The van der Waals surface area contributed by atoms with Gasteiger partial charge in [-0.25, -0.2) is 0 Å². The molecule has 18 heavy (non-hydrogen) atoms.